The average molecular weight is 504 g/mol. The molecule has 9 heteroatoms. The Morgan fingerprint density at radius 2 is 1.68 bits per heavy atom. The fourth-order valence-corrected chi connectivity index (χ4v) is 3.51. The molecular weight excluding hydrogens is 477 g/mol. The topological polar surface area (TPSA) is 114 Å². The van der Waals surface area contributed by atoms with Crippen LogP contribution in [0.2, 0.25) is 0 Å². The van der Waals surface area contributed by atoms with E-state index in [1.807, 2.05) is 0 Å². The van der Waals surface area contributed by atoms with Gasteiger partial charge in [0.2, 0.25) is 0 Å². The number of carbonyl (C=O) groups excluding carboxylic acids is 2. The van der Waals surface area contributed by atoms with Crippen LogP contribution in [0.1, 0.15) is 41.6 Å². The monoisotopic (exact) mass is 503 g/mol. The molecule has 0 saturated carbocycles. The molecule has 0 spiro atoms. The first-order valence-corrected chi connectivity index (χ1v) is 11.5. The van der Waals surface area contributed by atoms with E-state index in [0.717, 1.165) is 0 Å². The zero-order valence-corrected chi connectivity index (χ0v) is 20.7. The van der Waals surface area contributed by atoms with Crippen molar-refractivity contribution in [3.05, 3.63) is 84.1 Å². The number of esters is 1. The molecule has 0 bridgehead atoms. The van der Waals surface area contributed by atoms with Crippen LogP contribution in [0.25, 0.3) is 22.0 Å². The number of benzene rings is 2. The molecule has 0 fully saturated rings. The van der Waals surface area contributed by atoms with Gasteiger partial charge in [0.25, 0.3) is 5.91 Å². The predicted octanol–water partition coefficient (Wildman–Crippen LogP) is 4.95. The highest BCUT2D eigenvalue weighted by Crippen LogP contribution is 2.30. The van der Waals surface area contributed by atoms with E-state index in [1.165, 1.54) is 18.2 Å². The minimum Gasteiger partial charge on any atom is -0.490 e. The Hall–Kier alpha value is -4.53. The van der Waals surface area contributed by atoms with E-state index in [1.54, 1.807) is 69.6 Å². The lowest BCUT2D eigenvalue weighted by atomic mass is 10.0. The van der Waals surface area contributed by atoms with Crippen molar-refractivity contribution in [2.24, 2.45) is 5.73 Å². The summed E-state index contributed by atoms with van der Waals surface area (Å²) in [6.45, 7) is 5.68. The third-order valence-corrected chi connectivity index (χ3v) is 5.19. The Labute approximate surface area is 213 Å². The van der Waals surface area contributed by atoms with Gasteiger partial charge in [-0.05, 0) is 74.9 Å². The van der Waals surface area contributed by atoms with Crippen molar-refractivity contribution in [1.82, 2.24) is 9.97 Å². The first kappa shape index (κ1) is 25.6. The number of ether oxygens (including phenoxy) is 3. The summed E-state index contributed by atoms with van der Waals surface area (Å²) in [5.41, 5.74) is 6.88. The van der Waals surface area contributed by atoms with Gasteiger partial charge in [0, 0.05) is 23.3 Å². The van der Waals surface area contributed by atoms with Gasteiger partial charge in [0.15, 0.2) is 11.6 Å². The first-order chi connectivity index (χ1) is 17.6. The number of amides is 1. The van der Waals surface area contributed by atoms with Gasteiger partial charge in [-0.25, -0.2) is 14.2 Å². The Balaban J connectivity index is 1.37. The summed E-state index contributed by atoms with van der Waals surface area (Å²) in [4.78, 5) is 32.1. The van der Waals surface area contributed by atoms with Gasteiger partial charge < -0.3 is 19.9 Å². The van der Waals surface area contributed by atoms with E-state index in [9.17, 15) is 14.0 Å². The number of hydrogen-bond donors (Lipinski definition) is 1. The zero-order valence-electron chi connectivity index (χ0n) is 20.7. The summed E-state index contributed by atoms with van der Waals surface area (Å²) >= 11 is 0. The molecule has 2 N–H and O–H groups in total. The maximum atomic E-state index is 14.8. The lowest BCUT2D eigenvalue weighted by Crippen LogP contribution is -2.23. The van der Waals surface area contributed by atoms with Crippen molar-refractivity contribution >= 4 is 22.8 Å². The van der Waals surface area contributed by atoms with Crippen LogP contribution in [0.3, 0.4) is 0 Å². The molecule has 0 unspecified atom stereocenters. The fraction of sp³-hybridized carbons (Fsp3) is 0.214. The van der Waals surface area contributed by atoms with E-state index >= 15 is 0 Å². The molecule has 4 aromatic rings. The van der Waals surface area contributed by atoms with Crippen molar-refractivity contribution in [3.63, 3.8) is 0 Å². The van der Waals surface area contributed by atoms with E-state index in [2.05, 4.69) is 9.97 Å². The minimum absolute atomic E-state index is 0.0617. The highest BCUT2D eigenvalue weighted by molar-refractivity contribution is 5.97. The number of halogens is 1. The summed E-state index contributed by atoms with van der Waals surface area (Å²) in [5.74, 6) is -1.03. The number of primary amides is 1. The average Bonchev–Trinajstić information content (AvgIpc) is 2.86. The Morgan fingerprint density at radius 1 is 0.946 bits per heavy atom. The third-order valence-electron chi connectivity index (χ3n) is 5.19. The molecule has 190 valence electrons. The molecule has 2 aromatic heterocycles. The van der Waals surface area contributed by atoms with Crippen molar-refractivity contribution in [2.75, 3.05) is 13.2 Å². The number of carbonyl (C=O) groups is 2. The molecule has 0 atom stereocenters. The summed E-state index contributed by atoms with van der Waals surface area (Å²) in [6.07, 6.45) is 3.16. The maximum absolute atomic E-state index is 14.8. The highest BCUT2D eigenvalue weighted by Gasteiger charge is 2.18. The minimum atomic E-state index is -0.652. The molecule has 0 saturated heterocycles. The molecular formula is C28H26FN3O5. The van der Waals surface area contributed by atoms with Gasteiger partial charge in [-0.3, -0.25) is 9.78 Å². The van der Waals surface area contributed by atoms with Gasteiger partial charge in [-0.15, -0.1) is 0 Å². The second-order valence-electron chi connectivity index (χ2n) is 9.19. The van der Waals surface area contributed by atoms with Gasteiger partial charge in [-0.1, -0.05) is 6.07 Å². The molecule has 4 rings (SSSR count). The predicted molar refractivity (Wildman–Crippen MR) is 136 cm³/mol. The number of pyridine rings is 2. The standard InChI is InChI=1S/C28H26FN3O5/c1-28(2,3)37-27(34)17-4-8-20(9-5-17)35-12-13-36-24-11-7-18(14-22(24)29)21-16-31-15-19-6-10-23(26(30)33)32-25(19)21/h4-11,14-16H,12-13H2,1-3H3,(H2,30,33). The smallest absolute Gasteiger partial charge is 0.338 e. The van der Waals surface area contributed by atoms with Crippen LogP contribution in [0, 0.1) is 5.82 Å². The summed E-state index contributed by atoms with van der Waals surface area (Å²) in [5, 5.41) is 0.694. The lowest BCUT2D eigenvalue weighted by molar-refractivity contribution is 0.00693. The van der Waals surface area contributed by atoms with E-state index in [4.69, 9.17) is 19.9 Å². The zero-order chi connectivity index (χ0) is 26.6. The molecule has 2 heterocycles. The van der Waals surface area contributed by atoms with E-state index in [-0.39, 0.29) is 24.7 Å². The molecule has 0 aliphatic carbocycles. The van der Waals surface area contributed by atoms with Crippen LogP contribution in [0.4, 0.5) is 4.39 Å². The largest absolute Gasteiger partial charge is 0.490 e. The SMILES string of the molecule is CC(C)(C)OC(=O)c1ccc(OCCOc2ccc(-c3cncc4ccc(C(N)=O)nc34)cc2F)cc1. The molecule has 0 radical (unpaired) electrons. The van der Waals surface area contributed by atoms with Gasteiger partial charge in [0.1, 0.15) is 30.3 Å². The van der Waals surface area contributed by atoms with Crippen LogP contribution in [0.5, 0.6) is 11.5 Å². The number of nitrogens with two attached hydrogens (primary N) is 1. The summed E-state index contributed by atoms with van der Waals surface area (Å²) in [6, 6.07) is 14.3. The van der Waals surface area contributed by atoms with Crippen LogP contribution < -0.4 is 15.2 Å². The lowest BCUT2D eigenvalue weighted by Gasteiger charge is -2.19. The number of nitrogens with zero attached hydrogens (tertiary/aromatic N) is 2. The number of hydrogen-bond acceptors (Lipinski definition) is 7. The maximum Gasteiger partial charge on any atom is 0.338 e. The number of fused-ring (bicyclic) bond motifs is 1. The Morgan fingerprint density at radius 3 is 2.35 bits per heavy atom. The van der Waals surface area contributed by atoms with E-state index < -0.39 is 23.3 Å². The van der Waals surface area contributed by atoms with Crippen LogP contribution >= 0.6 is 0 Å². The van der Waals surface area contributed by atoms with Gasteiger partial charge >= 0.3 is 5.97 Å². The third kappa shape index (κ3) is 6.38. The summed E-state index contributed by atoms with van der Waals surface area (Å²) in [7, 11) is 0. The first-order valence-electron chi connectivity index (χ1n) is 11.5. The quantitative estimate of drug-likeness (QED) is 0.267. The molecule has 8 nitrogen and oxygen atoms in total. The van der Waals surface area contributed by atoms with Crippen LogP contribution in [0.15, 0.2) is 67.0 Å². The van der Waals surface area contributed by atoms with Crippen molar-refractivity contribution in [3.8, 4) is 22.6 Å². The summed E-state index contributed by atoms with van der Waals surface area (Å²) < 4.78 is 31.3. The second kappa shape index (κ2) is 10.6. The molecule has 2 aromatic carbocycles. The van der Waals surface area contributed by atoms with Gasteiger partial charge in [0.05, 0.1) is 11.1 Å². The van der Waals surface area contributed by atoms with Crippen LogP contribution in [-0.4, -0.2) is 40.7 Å². The van der Waals surface area contributed by atoms with Gasteiger partial charge in [-0.2, -0.15) is 0 Å². The van der Waals surface area contributed by atoms with Crippen molar-refractivity contribution in [1.29, 1.82) is 0 Å². The molecule has 0 aliphatic heterocycles. The fourth-order valence-electron chi connectivity index (χ4n) is 3.51. The second-order valence-corrected chi connectivity index (χ2v) is 9.19. The molecule has 37 heavy (non-hydrogen) atoms. The molecule has 0 aliphatic rings. The van der Waals surface area contributed by atoms with E-state index in [0.29, 0.717) is 33.3 Å². The Kier molecular flexibility index (Phi) is 7.33. The molecule has 1 amide bonds. The van der Waals surface area contributed by atoms with Crippen LogP contribution in [-0.2, 0) is 4.74 Å². The number of aromatic nitrogens is 2. The Bertz CT molecular complexity index is 1450. The highest BCUT2D eigenvalue weighted by atomic mass is 19.1. The number of rotatable bonds is 8. The normalized spacial score (nSPS) is 11.2. The van der Waals surface area contributed by atoms with Crippen molar-refractivity contribution in [2.45, 2.75) is 26.4 Å². The van der Waals surface area contributed by atoms with Crippen molar-refractivity contribution < 1.29 is 28.2 Å².